The number of hydrogen-bond acceptors (Lipinski definition) is 5. The first-order valence-corrected chi connectivity index (χ1v) is 7.49. The molecule has 0 bridgehead atoms. The van der Waals surface area contributed by atoms with Crippen LogP contribution >= 0.6 is 0 Å². The summed E-state index contributed by atoms with van der Waals surface area (Å²) in [5.41, 5.74) is -0.0574. The average Bonchev–Trinajstić information content (AvgIpc) is 2.83. The van der Waals surface area contributed by atoms with Crippen LogP contribution < -0.4 is 0 Å². The number of hydrogen-bond donors (Lipinski definition) is 0. The standard InChI is InChI=1S/C17H20O5/c1-3-21-15(19)17(16(20)22-4-2)13(9-10-18)11-12-7-5-6-8-14(12)17/h5-8,10,13H,3-4,9,11H2,1-2H3. The third kappa shape index (κ3) is 2.40. The van der Waals surface area contributed by atoms with Crippen LogP contribution in [0.25, 0.3) is 0 Å². The largest absolute Gasteiger partial charge is 0.465 e. The molecule has 0 N–H and O–H groups in total. The van der Waals surface area contributed by atoms with Crippen molar-refractivity contribution in [1.82, 2.24) is 0 Å². The first-order valence-electron chi connectivity index (χ1n) is 7.49. The predicted molar refractivity (Wildman–Crippen MR) is 79.3 cm³/mol. The van der Waals surface area contributed by atoms with E-state index in [4.69, 9.17) is 9.47 Å². The van der Waals surface area contributed by atoms with Crippen LogP contribution in [0.3, 0.4) is 0 Å². The first kappa shape index (κ1) is 16.2. The first-order chi connectivity index (χ1) is 10.6. The average molecular weight is 304 g/mol. The van der Waals surface area contributed by atoms with Gasteiger partial charge < -0.3 is 14.3 Å². The Morgan fingerprint density at radius 2 is 1.77 bits per heavy atom. The molecule has 0 amide bonds. The number of esters is 2. The van der Waals surface area contributed by atoms with Crippen LogP contribution in [0.15, 0.2) is 24.3 Å². The van der Waals surface area contributed by atoms with Gasteiger partial charge in [0.1, 0.15) is 6.29 Å². The Labute approximate surface area is 129 Å². The highest BCUT2D eigenvalue weighted by atomic mass is 16.6. The molecule has 1 aromatic rings. The van der Waals surface area contributed by atoms with Crippen LogP contribution in [0.5, 0.6) is 0 Å². The molecule has 1 aliphatic carbocycles. The van der Waals surface area contributed by atoms with E-state index in [-0.39, 0.29) is 19.6 Å². The van der Waals surface area contributed by atoms with Crippen LogP contribution in [-0.2, 0) is 35.7 Å². The highest BCUT2D eigenvalue weighted by molar-refractivity contribution is 6.08. The summed E-state index contributed by atoms with van der Waals surface area (Å²) in [6.45, 7) is 3.70. The molecule has 0 aromatic heterocycles. The van der Waals surface area contributed by atoms with E-state index in [0.29, 0.717) is 12.0 Å². The van der Waals surface area contributed by atoms with Crippen molar-refractivity contribution in [2.24, 2.45) is 5.92 Å². The molecule has 0 saturated heterocycles. The van der Waals surface area contributed by atoms with E-state index in [2.05, 4.69) is 0 Å². The van der Waals surface area contributed by atoms with E-state index in [0.717, 1.165) is 11.8 Å². The molecular weight excluding hydrogens is 284 g/mol. The molecular formula is C17H20O5. The van der Waals surface area contributed by atoms with E-state index >= 15 is 0 Å². The summed E-state index contributed by atoms with van der Waals surface area (Å²) in [6, 6.07) is 7.24. The number of rotatable bonds is 6. The minimum absolute atomic E-state index is 0.103. The van der Waals surface area contributed by atoms with Crippen LogP contribution in [0.4, 0.5) is 0 Å². The van der Waals surface area contributed by atoms with Gasteiger partial charge in [-0.2, -0.15) is 0 Å². The second-order valence-electron chi connectivity index (χ2n) is 5.21. The molecule has 0 aliphatic heterocycles. The van der Waals surface area contributed by atoms with Crippen LogP contribution in [0.1, 0.15) is 31.4 Å². The zero-order valence-electron chi connectivity index (χ0n) is 12.8. The molecule has 0 heterocycles. The number of aldehydes is 1. The quantitative estimate of drug-likeness (QED) is 0.455. The molecule has 5 heteroatoms. The van der Waals surface area contributed by atoms with Gasteiger partial charge in [-0.15, -0.1) is 0 Å². The fraction of sp³-hybridized carbons (Fsp3) is 0.471. The molecule has 1 aromatic carbocycles. The van der Waals surface area contributed by atoms with E-state index in [1.54, 1.807) is 26.0 Å². The molecule has 5 nitrogen and oxygen atoms in total. The van der Waals surface area contributed by atoms with Gasteiger partial charge in [0.2, 0.25) is 0 Å². The van der Waals surface area contributed by atoms with E-state index < -0.39 is 23.3 Å². The molecule has 0 radical (unpaired) electrons. The van der Waals surface area contributed by atoms with Gasteiger partial charge >= 0.3 is 11.9 Å². The molecule has 118 valence electrons. The maximum Gasteiger partial charge on any atom is 0.328 e. The monoisotopic (exact) mass is 304 g/mol. The van der Waals surface area contributed by atoms with Gasteiger partial charge in [-0.05, 0) is 31.4 Å². The van der Waals surface area contributed by atoms with Crippen molar-refractivity contribution in [1.29, 1.82) is 0 Å². The Hall–Kier alpha value is -2.17. The van der Waals surface area contributed by atoms with E-state index in [1.807, 2.05) is 12.1 Å². The molecule has 0 spiro atoms. The lowest BCUT2D eigenvalue weighted by Gasteiger charge is -2.30. The Kier molecular flexibility index (Phi) is 4.96. The third-order valence-electron chi connectivity index (χ3n) is 4.10. The van der Waals surface area contributed by atoms with E-state index in [1.165, 1.54) is 0 Å². The molecule has 22 heavy (non-hydrogen) atoms. The zero-order valence-corrected chi connectivity index (χ0v) is 12.8. The summed E-state index contributed by atoms with van der Waals surface area (Å²) in [4.78, 5) is 36.4. The van der Waals surface area contributed by atoms with Crippen molar-refractivity contribution in [3.05, 3.63) is 35.4 Å². The predicted octanol–water partition coefficient (Wildman–Crippen LogP) is 1.81. The van der Waals surface area contributed by atoms with Gasteiger partial charge in [0.05, 0.1) is 13.2 Å². The SMILES string of the molecule is CCOC(=O)C1(C(=O)OCC)c2ccccc2CC1CC=O. The van der Waals surface area contributed by atoms with Gasteiger partial charge in [-0.25, -0.2) is 0 Å². The summed E-state index contributed by atoms with van der Waals surface area (Å²) in [7, 11) is 0. The number of carbonyl (C=O) groups excluding carboxylic acids is 3. The normalized spacial score (nSPS) is 18.4. The van der Waals surface area contributed by atoms with E-state index in [9.17, 15) is 14.4 Å². The Balaban J connectivity index is 2.62. The van der Waals surface area contributed by atoms with Crippen LogP contribution in [-0.4, -0.2) is 31.4 Å². The fourth-order valence-electron chi connectivity index (χ4n) is 3.22. The highest BCUT2D eigenvalue weighted by Gasteiger charge is 2.60. The van der Waals surface area contributed by atoms with Crippen molar-refractivity contribution in [3.8, 4) is 0 Å². The van der Waals surface area contributed by atoms with Crippen molar-refractivity contribution in [3.63, 3.8) is 0 Å². The molecule has 2 rings (SSSR count). The summed E-state index contributed by atoms with van der Waals surface area (Å²) < 4.78 is 10.3. The Bertz CT molecular complexity index is 560. The summed E-state index contributed by atoms with van der Waals surface area (Å²) in [5.74, 6) is -1.74. The lowest BCUT2D eigenvalue weighted by molar-refractivity contribution is -0.167. The fourth-order valence-corrected chi connectivity index (χ4v) is 3.22. The number of benzene rings is 1. The summed E-state index contributed by atoms with van der Waals surface area (Å²) in [5, 5.41) is 0. The molecule has 1 unspecified atom stereocenters. The van der Waals surface area contributed by atoms with Crippen molar-refractivity contribution < 1.29 is 23.9 Å². The summed E-state index contributed by atoms with van der Waals surface area (Å²) >= 11 is 0. The highest BCUT2D eigenvalue weighted by Crippen LogP contribution is 2.46. The molecule has 0 saturated carbocycles. The summed E-state index contributed by atoms with van der Waals surface area (Å²) in [6.07, 6.45) is 1.32. The Morgan fingerprint density at radius 3 is 2.32 bits per heavy atom. The molecule has 1 atom stereocenters. The lowest BCUT2D eigenvalue weighted by atomic mass is 9.73. The maximum atomic E-state index is 12.7. The molecule has 0 fully saturated rings. The number of carbonyl (C=O) groups is 3. The number of ether oxygens (including phenoxy) is 2. The van der Waals surface area contributed by atoms with Gasteiger partial charge in [0, 0.05) is 12.3 Å². The minimum Gasteiger partial charge on any atom is -0.465 e. The van der Waals surface area contributed by atoms with Crippen molar-refractivity contribution >= 4 is 18.2 Å². The topological polar surface area (TPSA) is 69.7 Å². The second-order valence-corrected chi connectivity index (χ2v) is 5.21. The van der Waals surface area contributed by atoms with Gasteiger partial charge in [0.25, 0.3) is 0 Å². The maximum absolute atomic E-state index is 12.7. The zero-order chi connectivity index (χ0) is 16.2. The van der Waals surface area contributed by atoms with Crippen molar-refractivity contribution in [2.75, 3.05) is 13.2 Å². The second kappa shape index (κ2) is 6.73. The van der Waals surface area contributed by atoms with Crippen LogP contribution in [0.2, 0.25) is 0 Å². The van der Waals surface area contributed by atoms with Gasteiger partial charge in [-0.1, -0.05) is 24.3 Å². The van der Waals surface area contributed by atoms with Gasteiger partial charge in [0.15, 0.2) is 5.41 Å². The molecule has 1 aliphatic rings. The minimum atomic E-state index is -1.54. The van der Waals surface area contributed by atoms with Crippen molar-refractivity contribution in [2.45, 2.75) is 32.1 Å². The van der Waals surface area contributed by atoms with Crippen LogP contribution in [0, 0.1) is 5.92 Å². The smallest absolute Gasteiger partial charge is 0.328 e. The third-order valence-corrected chi connectivity index (χ3v) is 4.10. The van der Waals surface area contributed by atoms with Gasteiger partial charge in [-0.3, -0.25) is 9.59 Å². The number of fused-ring (bicyclic) bond motifs is 1. The Morgan fingerprint density at radius 1 is 1.18 bits per heavy atom. The lowest BCUT2D eigenvalue weighted by Crippen LogP contribution is -2.50.